The predicted molar refractivity (Wildman–Crippen MR) is 120 cm³/mol. The van der Waals surface area contributed by atoms with E-state index in [2.05, 4.69) is 39.5 Å². The average Bonchev–Trinajstić information content (AvgIpc) is 2.74. The van der Waals surface area contributed by atoms with Crippen LogP contribution >= 0.6 is 12.2 Å². The molecule has 1 aliphatic heterocycles. The van der Waals surface area contributed by atoms with Gasteiger partial charge in [-0.2, -0.15) is 0 Å². The van der Waals surface area contributed by atoms with Gasteiger partial charge in [-0.3, -0.25) is 4.98 Å². The summed E-state index contributed by atoms with van der Waals surface area (Å²) in [6.45, 7) is 1.36. The van der Waals surface area contributed by atoms with Crippen LogP contribution in [0, 0.1) is 0 Å². The molecule has 0 bridgehead atoms. The maximum atomic E-state index is 9.57. The molecule has 0 amide bonds. The highest BCUT2D eigenvalue weighted by Gasteiger charge is 2.27. The molecule has 3 aromatic rings. The predicted octanol–water partition coefficient (Wildman–Crippen LogP) is 3.89. The van der Waals surface area contributed by atoms with Crippen molar-refractivity contribution in [3.05, 3.63) is 71.5 Å². The molecule has 6 heteroatoms. The SMILES string of the molecule is COCc1cc2c(NC(=S)N3Cc4ccccc4C[C@H]3CCO)cccc2cn1. The Morgan fingerprint density at radius 1 is 1.24 bits per heavy atom. The summed E-state index contributed by atoms with van der Waals surface area (Å²) in [6, 6.07) is 16.8. The first kappa shape index (κ1) is 19.8. The Hall–Kier alpha value is -2.54. The lowest BCUT2D eigenvalue weighted by atomic mass is 9.93. The largest absolute Gasteiger partial charge is 0.396 e. The van der Waals surface area contributed by atoms with E-state index in [1.54, 1.807) is 7.11 Å². The van der Waals surface area contributed by atoms with E-state index < -0.39 is 0 Å². The molecular formula is C23H25N3O2S. The molecule has 0 saturated carbocycles. The Morgan fingerprint density at radius 3 is 2.86 bits per heavy atom. The van der Waals surface area contributed by atoms with E-state index in [1.807, 2.05) is 30.5 Å². The molecule has 4 rings (SSSR count). The molecule has 2 N–H and O–H groups in total. The van der Waals surface area contributed by atoms with Crippen molar-refractivity contribution >= 4 is 33.8 Å². The molecule has 5 nitrogen and oxygen atoms in total. The van der Waals surface area contributed by atoms with Crippen molar-refractivity contribution in [3.8, 4) is 0 Å². The van der Waals surface area contributed by atoms with Crippen LogP contribution in [0.15, 0.2) is 54.7 Å². The van der Waals surface area contributed by atoms with E-state index in [4.69, 9.17) is 17.0 Å². The molecule has 0 saturated heterocycles. The Kier molecular flexibility index (Phi) is 6.04. The van der Waals surface area contributed by atoms with E-state index in [-0.39, 0.29) is 12.6 Å². The van der Waals surface area contributed by atoms with Gasteiger partial charge in [-0.15, -0.1) is 0 Å². The lowest BCUT2D eigenvalue weighted by Gasteiger charge is -2.38. The smallest absolute Gasteiger partial charge is 0.174 e. The average molecular weight is 408 g/mol. The molecule has 0 fully saturated rings. The number of benzene rings is 2. The highest BCUT2D eigenvalue weighted by Crippen LogP contribution is 2.28. The summed E-state index contributed by atoms with van der Waals surface area (Å²) in [5.41, 5.74) is 4.46. The van der Waals surface area contributed by atoms with Gasteiger partial charge in [-0.1, -0.05) is 36.4 Å². The van der Waals surface area contributed by atoms with Gasteiger partial charge in [-0.05, 0) is 48.3 Å². The van der Waals surface area contributed by atoms with E-state index in [0.717, 1.165) is 35.1 Å². The maximum absolute atomic E-state index is 9.57. The lowest BCUT2D eigenvalue weighted by molar-refractivity contribution is 0.181. The van der Waals surface area contributed by atoms with E-state index >= 15 is 0 Å². The molecule has 1 aliphatic rings. The normalized spacial score (nSPS) is 15.9. The van der Waals surface area contributed by atoms with Gasteiger partial charge >= 0.3 is 0 Å². The molecule has 0 aliphatic carbocycles. The van der Waals surface area contributed by atoms with Crippen LogP contribution in [0.2, 0.25) is 0 Å². The summed E-state index contributed by atoms with van der Waals surface area (Å²) in [5, 5.41) is 15.8. The number of aliphatic hydroxyl groups excluding tert-OH is 1. The monoisotopic (exact) mass is 407 g/mol. The van der Waals surface area contributed by atoms with Crippen LogP contribution in [-0.4, -0.2) is 39.9 Å². The van der Waals surface area contributed by atoms with Crippen molar-refractivity contribution < 1.29 is 9.84 Å². The first-order valence-corrected chi connectivity index (χ1v) is 10.2. The molecule has 0 spiro atoms. The number of nitrogens with one attached hydrogen (secondary N) is 1. The number of pyridine rings is 1. The maximum Gasteiger partial charge on any atom is 0.174 e. The fraction of sp³-hybridized carbons (Fsp3) is 0.304. The van der Waals surface area contributed by atoms with E-state index in [0.29, 0.717) is 18.1 Å². The van der Waals surface area contributed by atoms with Crippen LogP contribution in [0.25, 0.3) is 10.8 Å². The number of anilines is 1. The molecule has 29 heavy (non-hydrogen) atoms. The molecule has 1 atom stereocenters. The van der Waals surface area contributed by atoms with Crippen molar-refractivity contribution in [2.45, 2.75) is 32.0 Å². The second-order valence-corrected chi connectivity index (χ2v) is 7.72. The number of thiocarbonyl (C=S) groups is 1. The topological polar surface area (TPSA) is 57.6 Å². The number of rotatable bonds is 5. The summed E-state index contributed by atoms with van der Waals surface area (Å²) in [6.07, 6.45) is 3.44. The molecule has 0 unspecified atom stereocenters. The Labute approximate surface area is 176 Å². The second-order valence-electron chi connectivity index (χ2n) is 7.33. The van der Waals surface area contributed by atoms with Gasteiger partial charge in [0.15, 0.2) is 5.11 Å². The van der Waals surface area contributed by atoms with Crippen LogP contribution in [0.1, 0.15) is 23.2 Å². The third-order valence-electron chi connectivity index (χ3n) is 5.43. The van der Waals surface area contributed by atoms with Gasteiger partial charge in [-0.25, -0.2) is 0 Å². The van der Waals surface area contributed by atoms with E-state index in [9.17, 15) is 5.11 Å². The fourth-order valence-corrected chi connectivity index (χ4v) is 4.29. The van der Waals surface area contributed by atoms with Crippen LogP contribution in [0.5, 0.6) is 0 Å². The number of aliphatic hydroxyl groups is 1. The number of hydrogen-bond donors (Lipinski definition) is 2. The van der Waals surface area contributed by atoms with Gasteiger partial charge in [0.2, 0.25) is 0 Å². The fourth-order valence-electron chi connectivity index (χ4n) is 3.97. The molecule has 0 radical (unpaired) electrons. The number of nitrogens with zero attached hydrogens (tertiary/aromatic N) is 2. The summed E-state index contributed by atoms with van der Waals surface area (Å²) in [7, 11) is 1.67. The van der Waals surface area contributed by atoms with Gasteiger partial charge in [0.05, 0.1) is 12.3 Å². The summed E-state index contributed by atoms with van der Waals surface area (Å²) in [5.74, 6) is 0. The zero-order valence-electron chi connectivity index (χ0n) is 16.5. The van der Waals surface area contributed by atoms with Gasteiger partial charge in [0.25, 0.3) is 0 Å². The number of aromatic nitrogens is 1. The minimum Gasteiger partial charge on any atom is -0.396 e. The minimum absolute atomic E-state index is 0.145. The van der Waals surface area contributed by atoms with Crippen molar-refractivity contribution in [1.82, 2.24) is 9.88 Å². The van der Waals surface area contributed by atoms with Gasteiger partial charge in [0.1, 0.15) is 0 Å². The molecular weight excluding hydrogens is 382 g/mol. The Balaban J connectivity index is 1.62. The minimum atomic E-state index is 0.145. The summed E-state index contributed by atoms with van der Waals surface area (Å²) >= 11 is 5.82. The number of methoxy groups -OCH3 is 1. The van der Waals surface area contributed by atoms with Gasteiger partial charge in [0, 0.05) is 49.0 Å². The van der Waals surface area contributed by atoms with Crippen LogP contribution in [0.4, 0.5) is 5.69 Å². The number of ether oxygens (including phenoxy) is 1. The standard InChI is InChI=1S/C23H25N3O2S/c1-28-15-19-12-21-17(13-24-19)7-4-8-22(21)25-23(29)26-14-18-6-3-2-5-16(18)11-20(26)9-10-27/h2-8,12-13,20,27H,9-11,14-15H2,1H3,(H,25,29)/t20-/m1/s1. The molecule has 2 aromatic carbocycles. The molecule has 2 heterocycles. The highest BCUT2D eigenvalue weighted by atomic mass is 32.1. The quantitative estimate of drug-likeness (QED) is 0.626. The first-order chi connectivity index (χ1) is 14.2. The Bertz CT molecular complexity index is 1020. The van der Waals surface area contributed by atoms with Crippen molar-refractivity contribution in [2.24, 2.45) is 0 Å². The molecule has 1 aromatic heterocycles. The van der Waals surface area contributed by atoms with Crippen LogP contribution in [0.3, 0.4) is 0 Å². The van der Waals surface area contributed by atoms with Crippen LogP contribution < -0.4 is 5.32 Å². The lowest BCUT2D eigenvalue weighted by Crippen LogP contribution is -2.46. The second kappa shape index (κ2) is 8.86. The number of fused-ring (bicyclic) bond motifs is 2. The summed E-state index contributed by atoms with van der Waals surface area (Å²) < 4.78 is 5.23. The first-order valence-electron chi connectivity index (χ1n) is 9.81. The third kappa shape index (κ3) is 4.24. The van der Waals surface area contributed by atoms with Gasteiger partial charge < -0.3 is 20.1 Å². The molecule has 150 valence electrons. The van der Waals surface area contributed by atoms with E-state index in [1.165, 1.54) is 11.1 Å². The van der Waals surface area contributed by atoms with Crippen molar-refractivity contribution in [3.63, 3.8) is 0 Å². The zero-order valence-corrected chi connectivity index (χ0v) is 17.3. The zero-order chi connectivity index (χ0) is 20.2. The highest BCUT2D eigenvalue weighted by molar-refractivity contribution is 7.80. The Morgan fingerprint density at radius 2 is 2.07 bits per heavy atom. The van der Waals surface area contributed by atoms with Crippen molar-refractivity contribution in [1.29, 1.82) is 0 Å². The van der Waals surface area contributed by atoms with Crippen molar-refractivity contribution in [2.75, 3.05) is 19.0 Å². The third-order valence-corrected chi connectivity index (χ3v) is 5.77. The number of hydrogen-bond acceptors (Lipinski definition) is 4. The van der Waals surface area contributed by atoms with Crippen LogP contribution in [-0.2, 0) is 24.3 Å². The summed E-state index contributed by atoms with van der Waals surface area (Å²) in [4.78, 5) is 6.64.